The molecule has 2 amide bonds. The third kappa shape index (κ3) is 5.64. The average molecular weight is 399 g/mol. The highest BCUT2D eigenvalue weighted by Crippen LogP contribution is 2.19. The van der Waals surface area contributed by atoms with Gasteiger partial charge >= 0.3 is 0 Å². The van der Waals surface area contributed by atoms with E-state index >= 15 is 0 Å². The summed E-state index contributed by atoms with van der Waals surface area (Å²) >= 11 is 0. The van der Waals surface area contributed by atoms with Crippen molar-refractivity contribution in [3.8, 4) is 0 Å². The first-order chi connectivity index (χ1) is 13.8. The second-order valence-corrected chi connectivity index (χ2v) is 7.91. The van der Waals surface area contributed by atoms with Crippen molar-refractivity contribution in [3.05, 3.63) is 65.0 Å². The van der Waals surface area contributed by atoms with Gasteiger partial charge < -0.3 is 15.5 Å². The van der Waals surface area contributed by atoms with Crippen molar-refractivity contribution in [1.82, 2.24) is 5.32 Å². The maximum Gasteiger partial charge on any atom is 0.278 e. The number of quaternary nitrogens is 1. The van der Waals surface area contributed by atoms with Crippen LogP contribution in [0.3, 0.4) is 0 Å². The Morgan fingerprint density at radius 3 is 2.31 bits per heavy atom. The predicted molar refractivity (Wildman–Crippen MR) is 111 cm³/mol. The fraction of sp³-hybridized carbons (Fsp3) is 0.391. The molecule has 1 unspecified atom stereocenters. The Labute approximate surface area is 171 Å². The molecule has 1 fully saturated rings. The summed E-state index contributed by atoms with van der Waals surface area (Å²) < 4.78 is 13.2. The Morgan fingerprint density at radius 2 is 1.72 bits per heavy atom. The Bertz CT molecular complexity index is 858. The third-order valence-corrected chi connectivity index (χ3v) is 5.54. The summed E-state index contributed by atoms with van der Waals surface area (Å²) in [5.74, 6) is -0.650. The molecule has 154 valence electrons. The summed E-state index contributed by atoms with van der Waals surface area (Å²) in [6.07, 6.45) is 2.17. The molecule has 2 aromatic rings. The standard InChI is InChI=1S/C23H28FN3O2/c1-15-5-4-6-16(2)22(15)26-21(28)13-25-23(29)17(3)27(20-11-12-20)14-18-7-9-19(24)10-8-18/h4-10,17,20H,11-14H2,1-3H3,(H,25,29)(H,26,28)/p+1/t17-/m1/s1. The minimum atomic E-state index is -0.291. The van der Waals surface area contributed by atoms with Crippen molar-refractivity contribution < 1.29 is 18.9 Å². The van der Waals surface area contributed by atoms with E-state index in [9.17, 15) is 14.0 Å². The quantitative estimate of drug-likeness (QED) is 0.638. The smallest absolute Gasteiger partial charge is 0.278 e. The number of aryl methyl sites for hydroxylation is 2. The second-order valence-electron chi connectivity index (χ2n) is 7.91. The molecule has 2 aromatic carbocycles. The first kappa shape index (κ1) is 21.0. The van der Waals surface area contributed by atoms with Gasteiger partial charge in [-0.25, -0.2) is 4.39 Å². The molecule has 0 bridgehead atoms. The van der Waals surface area contributed by atoms with Gasteiger partial charge in [-0.3, -0.25) is 9.59 Å². The van der Waals surface area contributed by atoms with Crippen LogP contribution in [0, 0.1) is 19.7 Å². The van der Waals surface area contributed by atoms with Gasteiger partial charge in [0.05, 0.1) is 12.6 Å². The van der Waals surface area contributed by atoms with Crippen LogP contribution in [-0.2, 0) is 16.1 Å². The number of rotatable bonds is 8. The van der Waals surface area contributed by atoms with Gasteiger partial charge in [0, 0.05) is 24.1 Å². The van der Waals surface area contributed by atoms with Crippen LogP contribution in [0.5, 0.6) is 0 Å². The molecule has 6 heteroatoms. The highest BCUT2D eigenvalue weighted by molar-refractivity contribution is 5.96. The first-order valence-electron chi connectivity index (χ1n) is 10.1. The highest BCUT2D eigenvalue weighted by Gasteiger charge is 2.39. The van der Waals surface area contributed by atoms with Gasteiger partial charge in [0.25, 0.3) is 5.91 Å². The zero-order valence-corrected chi connectivity index (χ0v) is 17.2. The molecule has 3 N–H and O–H groups in total. The molecule has 0 radical (unpaired) electrons. The normalized spacial score (nSPS) is 15.4. The molecule has 3 rings (SSSR count). The lowest BCUT2D eigenvalue weighted by atomic mass is 10.1. The summed E-state index contributed by atoms with van der Waals surface area (Å²) in [5, 5.41) is 5.65. The van der Waals surface area contributed by atoms with E-state index in [0.717, 1.165) is 40.1 Å². The summed E-state index contributed by atoms with van der Waals surface area (Å²) in [7, 11) is 0. The second kappa shape index (κ2) is 9.18. The van der Waals surface area contributed by atoms with E-state index < -0.39 is 0 Å². The number of amides is 2. The number of hydrogen-bond donors (Lipinski definition) is 3. The molecule has 0 heterocycles. The molecule has 0 spiro atoms. The van der Waals surface area contributed by atoms with E-state index in [-0.39, 0.29) is 30.2 Å². The molecule has 1 aliphatic rings. The third-order valence-electron chi connectivity index (χ3n) is 5.54. The zero-order valence-electron chi connectivity index (χ0n) is 17.2. The van der Waals surface area contributed by atoms with Gasteiger partial charge in [0.1, 0.15) is 12.4 Å². The largest absolute Gasteiger partial charge is 0.342 e. The summed E-state index contributed by atoms with van der Waals surface area (Å²) in [5.41, 5.74) is 3.77. The molecule has 5 nitrogen and oxygen atoms in total. The molecule has 2 atom stereocenters. The van der Waals surface area contributed by atoms with E-state index in [2.05, 4.69) is 10.6 Å². The number of halogens is 1. The number of anilines is 1. The summed E-state index contributed by atoms with van der Waals surface area (Å²) in [4.78, 5) is 26.2. The molecular weight excluding hydrogens is 369 g/mol. The number of para-hydroxylation sites is 1. The van der Waals surface area contributed by atoms with Crippen molar-refractivity contribution in [2.75, 3.05) is 11.9 Å². The number of carbonyl (C=O) groups excluding carboxylic acids is 2. The topological polar surface area (TPSA) is 62.6 Å². The number of nitrogens with one attached hydrogen (secondary N) is 3. The minimum absolute atomic E-state index is 0.0640. The van der Waals surface area contributed by atoms with Crippen molar-refractivity contribution in [1.29, 1.82) is 0 Å². The van der Waals surface area contributed by atoms with Crippen LogP contribution < -0.4 is 15.5 Å². The Kier molecular flexibility index (Phi) is 6.64. The Balaban J connectivity index is 1.55. The van der Waals surface area contributed by atoms with Gasteiger partial charge in [-0.15, -0.1) is 0 Å². The van der Waals surface area contributed by atoms with E-state index in [1.54, 1.807) is 12.1 Å². The first-order valence-corrected chi connectivity index (χ1v) is 10.1. The minimum Gasteiger partial charge on any atom is -0.342 e. The van der Waals surface area contributed by atoms with Crippen LogP contribution in [0.25, 0.3) is 0 Å². The fourth-order valence-electron chi connectivity index (χ4n) is 3.63. The maximum absolute atomic E-state index is 13.2. The lowest BCUT2D eigenvalue weighted by Gasteiger charge is -2.25. The Morgan fingerprint density at radius 1 is 1.10 bits per heavy atom. The number of carbonyl (C=O) groups is 2. The molecule has 1 saturated carbocycles. The van der Waals surface area contributed by atoms with Gasteiger partial charge in [-0.05, 0) is 44.0 Å². The van der Waals surface area contributed by atoms with E-state index in [0.29, 0.717) is 12.6 Å². The lowest BCUT2D eigenvalue weighted by molar-refractivity contribution is -0.938. The van der Waals surface area contributed by atoms with Crippen molar-refractivity contribution >= 4 is 17.5 Å². The fourth-order valence-corrected chi connectivity index (χ4v) is 3.63. The molecule has 0 aromatic heterocycles. The monoisotopic (exact) mass is 398 g/mol. The van der Waals surface area contributed by atoms with Crippen LogP contribution in [0.15, 0.2) is 42.5 Å². The Hall–Kier alpha value is -2.73. The SMILES string of the molecule is Cc1cccc(C)c1NC(=O)CNC(=O)[C@@H](C)[NH+](Cc1ccc(F)cc1)C1CC1. The zero-order chi connectivity index (χ0) is 21.0. The highest BCUT2D eigenvalue weighted by atomic mass is 19.1. The maximum atomic E-state index is 13.2. The van der Waals surface area contributed by atoms with Crippen LogP contribution in [-0.4, -0.2) is 30.4 Å². The van der Waals surface area contributed by atoms with E-state index in [1.807, 2.05) is 39.0 Å². The van der Waals surface area contributed by atoms with E-state index in [4.69, 9.17) is 0 Å². The van der Waals surface area contributed by atoms with Gasteiger partial charge in [0.2, 0.25) is 5.91 Å². The molecule has 0 aliphatic heterocycles. The van der Waals surface area contributed by atoms with Gasteiger partial charge in [-0.2, -0.15) is 0 Å². The number of benzene rings is 2. The molecule has 1 aliphatic carbocycles. The van der Waals surface area contributed by atoms with Crippen LogP contribution >= 0.6 is 0 Å². The average Bonchev–Trinajstić information content (AvgIpc) is 3.53. The van der Waals surface area contributed by atoms with Gasteiger partial charge in [0.15, 0.2) is 6.04 Å². The van der Waals surface area contributed by atoms with Gasteiger partial charge in [-0.1, -0.05) is 30.3 Å². The van der Waals surface area contributed by atoms with E-state index in [1.165, 1.54) is 12.1 Å². The van der Waals surface area contributed by atoms with Crippen LogP contribution in [0.4, 0.5) is 10.1 Å². The molecular formula is C23H29FN3O2+. The van der Waals surface area contributed by atoms with Crippen molar-refractivity contribution in [2.45, 2.75) is 52.2 Å². The number of hydrogen-bond acceptors (Lipinski definition) is 2. The molecule has 0 saturated heterocycles. The summed E-state index contributed by atoms with van der Waals surface area (Å²) in [6.45, 7) is 6.36. The van der Waals surface area contributed by atoms with Crippen molar-refractivity contribution in [3.63, 3.8) is 0 Å². The summed E-state index contributed by atoms with van der Waals surface area (Å²) in [6, 6.07) is 12.4. The van der Waals surface area contributed by atoms with Crippen LogP contribution in [0.2, 0.25) is 0 Å². The van der Waals surface area contributed by atoms with Crippen LogP contribution in [0.1, 0.15) is 36.5 Å². The van der Waals surface area contributed by atoms with Crippen molar-refractivity contribution in [2.24, 2.45) is 0 Å². The lowest BCUT2D eigenvalue weighted by Crippen LogP contribution is -3.16. The molecule has 29 heavy (non-hydrogen) atoms. The predicted octanol–water partition coefficient (Wildman–Crippen LogP) is 2.13.